The summed E-state index contributed by atoms with van der Waals surface area (Å²) in [5.41, 5.74) is 2.23. The normalized spacial score (nSPS) is 23.2. The summed E-state index contributed by atoms with van der Waals surface area (Å²) in [5.74, 6) is -0.757. The average molecular weight is 440 g/mol. The van der Waals surface area contributed by atoms with Crippen LogP contribution in [-0.2, 0) is 22.7 Å². The number of aliphatic hydroxyl groups is 1. The van der Waals surface area contributed by atoms with Crippen LogP contribution in [0.5, 0.6) is 0 Å². The van der Waals surface area contributed by atoms with E-state index in [4.69, 9.17) is 10.1 Å². The van der Waals surface area contributed by atoms with Crippen molar-refractivity contribution in [3.63, 3.8) is 0 Å². The third-order valence-electron chi connectivity index (χ3n) is 6.48. The van der Waals surface area contributed by atoms with Gasteiger partial charge in [-0.15, -0.1) is 0 Å². The highest BCUT2D eigenvalue weighted by atomic mass is 19.1. The zero-order chi connectivity index (χ0) is 22.7. The van der Waals surface area contributed by atoms with Crippen LogP contribution >= 0.6 is 0 Å². The molecule has 2 aromatic carbocycles. The second-order valence-electron chi connectivity index (χ2n) is 8.73. The molecule has 4 rings (SSSR count). The maximum Gasteiger partial charge on any atom is 0.249 e. The van der Waals surface area contributed by atoms with Crippen LogP contribution in [0.3, 0.4) is 0 Å². The van der Waals surface area contributed by atoms with Crippen molar-refractivity contribution in [2.45, 2.75) is 51.2 Å². The van der Waals surface area contributed by atoms with Crippen molar-refractivity contribution in [2.24, 2.45) is 11.8 Å². The minimum Gasteiger partial charge on any atom is -0.392 e. The van der Waals surface area contributed by atoms with Crippen molar-refractivity contribution >= 4 is 5.91 Å². The largest absolute Gasteiger partial charge is 0.392 e. The van der Waals surface area contributed by atoms with E-state index < -0.39 is 11.9 Å². The van der Waals surface area contributed by atoms with Crippen LogP contribution in [0.25, 0.3) is 0 Å². The lowest BCUT2D eigenvalue weighted by atomic mass is 9.78. The summed E-state index contributed by atoms with van der Waals surface area (Å²) >= 11 is 0. The summed E-state index contributed by atoms with van der Waals surface area (Å²) in [6.45, 7) is 0.182. The number of hydrogen-bond donors (Lipinski definition) is 1. The summed E-state index contributed by atoms with van der Waals surface area (Å²) < 4.78 is 27.7. The highest BCUT2D eigenvalue weighted by molar-refractivity contribution is 5.78. The number of benzene rings is 2. The van der Waals surface area contributed by atoms with Gasteiger partial charge < -0.3 is 5.11 Å². The molecule has 2 aromatic rings. The molecule has 0 aromatic heterocycles. The Kier molecular flexibility index (Phi) is 6.83. The van der Waals surface area contributed by atoms with E-state index >= 15 is 0 Å². The fraction of sp³-hybridized carbons (Fsp3) is 0.440. The van der Waals surface area contributed by atoms with Gasteiger partial charge in [0.2, 0.25) is 5.91 Å². The molecule has 0 spiro atoms. The molecule has 1 heterocycles. The molecule has 168 valence electrons. The number of amides is 1. The highest BCUT2D eigenvalue weighted by Crippen LogP contribution is 2.37. The van der Waals surface area contributed by atoms with E-state index in [2.05, 4.69) is 0 Å². The fourth-order valence-electron chi connectivity index (χ4n) is 4.91. The van der Waals surface area contributed by atoms with E-state index in [9.17, 15) is 18.7 Å². The molecular formula is C25H26F2N2O3. The Hall–Kier alpha value is -2.82. The Labute approximate surface area is 186 Å². The summed E-state index contributed by atoms with van der Waals surface area (Å²) in [6, 6.07) is 10.4. The molecule has 2 aliphatic rings. The first kappa shape index (κ1) is 22.4. The van der Waals surface area contributed by atoms with Gasteiger partial charge in [0.15, 0.2) is 0 Å². The molecule has 1 saturated carbocycles. The van der Waals surface area contributed by atoms with Gasteiger partial charge in [-0.3, -0.25) is 9.63 Å². The molecule has 0 bridgehead atoms. The predicted molar refractivity (Wildman–Crippen MR) is 113 cm³/mol. The number of aliphatic hydroxyl groups excluding tert-OH is 1. The third-order valence-corrected chi connectivity index (χ3v) is 6.48. The van der Waals surface area contributed by atoms with Crippen molar-refractivity contribution in [3.8, 4) is 6.07 Å². The topological polar surface area (TPSA) is 73.6 Å². The summed E-state index contributed by atoms with van der Waals surface area (Å²) in [4.78, 5) is 18.8. The van der Waals surface area contributed by atoms with Crippen LogP contribution in [-0.4, -0.2) is 22.7 Å². The van der Waals surface area contributed by atoms with Gasteiger partial charge in [-0.05, 0) is 85.0 Å². The van der Waals surface area contributed by atoms with Crippen LogP contribution in [0.2, 0.25) is 0 Å². The molecule has 1 aliphatic carbocycles. The molecule has 0 unspecified atom stereocenters. The molecule has 1 saturated heterocycles. The van der Waals surface area contributed by atoms with Crippen molar-refractivity contribution < 1.29 is 23.5 Å². The van der Waals surface area contributed by atoms with Crippen molar-refractivity contribution in [2.75, 3.05) is 6.61 Å². The number of halogens is 2. The maximum atomic E-state index is 13.9. The Bertz CT molecular complexity index is 1030. The van der Waals surface area contributed by atoms with E-state index in [1.807, 2.05) is 12.1 Å². The number of carbonyl (C=O) groups excluding carboxylic acids is 1. The van der Waals surface area contributed by atoms with Gasteiger partial charge in [0, 0.05) is 12.3 Å². The minimum absolute atomic E-state index is 0.0953. The molecule has 32 heavy (non-hydrogen) atoms. The summed E-state index contributed by atoms with van der Waals surface area (Å²) in [7, 11) is 0. The maximum absolute atomic E-state index is 13.9. The average Bonchev–Trinajstić information content (AvgIpc) is 3.28. The van der Waals surface area contributed by atoms with Gasteiger partial charge in [0.1, 0.15) is 11.6 Å². The molecule has 1 amide bonds. The number of carbonyl (C=O) groups is 1. The van der Waals surface area contributed by atoms with E-state index in [0.29, 0.717) is 42.9 Å². The van der Waals surface area contributed by atoms with E-state index in [0.717, 1.165) is 24.8 Å². The van der Waals surface area contributed by atoms with Crippen LogP contribution in [0.1, 0.15) is 60.4 Å². The van der Waals surface area contributed by atoms with E-state index in [1.165, 1.54) is 29.3 Å². The molecule has 2 fully saturated rings. The van der Waals surface area contributed by atoms with E-state index in [-0.39, 0.29) is 29.8 Å². The summed E-state index contributed by atoms with van der Waals surface area (Å²) in [5, 5.41) is 19.8. The Morgan fingerprint density at radius 1 is 1.03 bits per heavy atom. The van der Waals surface area contributed by atoms with Crippen molar-refractivity contribution in [3.05, 3.63) is 70.3 Å². The minimum atomic E-state index is -0.499. The molecular weight excluding hydrogens is 414 g/mol. The third kappa shape index (κ3) is 4.98. The van der Waals surface area contributed by atoms with E-state index in [1.54, 1.807) is 6.07 Å². The molecule has 1 atom stereocenters. The Morgan fingerprint density at radius 2 is 1.75 bits per heavy atom. The summed E-state index contributed by atoms with van der Waals surface area (Å²) in [6.07, 6.45) is 4.39. The zero-order valence-electron chi connectivity index (χ0n) is 17.8. The van der Waals surface area contributed by atoms with Gasteiger partial charge >= 0.3 is 0 Å². The molecule has 7 heteroatoms. The zero-order valence-corrected chi connectivity index (χ0v) is 17.8. The lowest BCUT2D eigenvalue weighted by Gasteiger charge is -2.32. The van der Waals surface area contributed by atoms with Crippen molar-refractivity contribution in [1.29, 1.82) is 5.26 Å². The molecule has 1 aliphatic heterocycles. The van der Waals surface area contributed by atoms with Crippen LogP contribution in [0.15, 0.2) is 36.4 Å². The number of nitriles is 1. The SMILES string of the molecule is N#Cc1cc(F)cc([C@@H]2CCON2C(=O)[C@H]2CC[C@H](Cc3cc(F)cc(CO)c3)CC2)c1. The van der Waals surface area contributed by atoms with Gasteiger partial charge in [0.05, 0.1) is 30.9 Å². The first-order chi connectivity index (χ1) is 15.5. The van der Waals surface area contributed by atoms with Gasteiger partial charge in [-0.1, -0.05) is 6.07 Å². The standard InChI is InChI=1S/C25H26F2N2O3/c26-22-10-17(8-19(12-22)15-30)7-16-1-3-20(4-2-16)25(31)29-24(5-6-32-29)21-9-18(14-28)11-23(27)13-21/h8-13,16,20,24,30H,1-7,15H2/t16-,20-,24-/m0/s1. The number of rotatable bonds is 5. The highest BCUT2D eigenvalue weighted by Gasteiger charge is 2.37. The molecule has 5 nitrogen and oxygen atoms in total. The smallest absolute Gasteiger partial charge is 0.249 e. The Balaban J connectivity index is 1.38. The van der Waals surface area contributed by atoms with Gasteiger partial charge in [0.25, 0.3) is 0 Å². The number of nitrogens with zero attached hydrogens (tertiary/aromatic N) is 2. The quantitative estimate of drug-likeness (QED) is 0.739. The first-order valence-corrected chi connectivity index (χ1v) is 11.0. The van der Waals surface area contributed by atoms with Crippen LogP contribution < -0.4 is 0 Å². The molecule has 0 radical (unpaired) electrons. The van der Waals surface area contributed by atoms with Gasteiger partial charge in [-0.25, -0.2) is 13.8 Å². The Morgan fingerprint density at radius 3 is 2.47 bits per heavy atom. The second kappa shape index (κ2) is 9.76. The van der Waals surface area contributed by atoms with Crippen LogP contribution in [0.4, 0.5) is 8.78 Å². The predicted octanol–water partition coefficient (Wildman–Crippen LogP) is 4.58. The molecule has 1 N–H and O–H groups in total. The van der Waals surface area contributed by atoms with Gasteiger partial charge in [-0.2, -0.15) is 5.26 Å². The van der Waals surface area contributed by atoms with Crippen LogP contribution in [0, 0.1) is 34.8 Å². The number of hydrogen-bond acceptors (Lipinski definition) is 4. The lowest BCUT2D eigenvalue weighted by Crippen LogP contribution is -2.36. The number of hydroxylamine groups is 2. The van der Waals surface area contributed by atoms with Crippen molar-refractivity contribution in [1.82, 2.24) is 5.06 Å². The fourth-order valence-corrected chi connectivity index (χ4v) is 4.91. The lowest BCUT2D eigenvalue weighted by molar-refractivity contribution is -0.183. The second-order valence-corrected chi connectivity index (χ2v) is 8.73. The monoisotopic (exact) mass is 440 g/mol. The first-order valence-electron chi connectivity index (χ1n) is 11.0.